The van der Waals surface area contributed by atoms with Crippen LogP contribution in [0, 0.1) is 0 Å². The number of carbonyl (C=O) groups is 1. The molecule has 0 radical (unpaired) electrons. The molecular weight excluding hydrogens is 192 g/mol. The Morgan fingerprint density at radius 3 is 2.47 bits per heavy atom. The van der Waals surface area contributed by atoms with Crippen LogP contribution >= 0.6 is 0 Å². The molecule has 0 aromatic heterocycles. The molecule has 0 amide bonds. The molecule has 3 heteroatoms. The zero-order valence-electron chi connectivity index (χ0n) is 8.31. The van der Waals surface area contributed by atoms with E-state index in [1.54, 1.807) is 18.2 Å². The zero-order valence-corrected chi connectivity index (χ0v) is 8.31. The first-order valence-electron chi connectivity index (χ1n) is 4.40. The van der Waals surface area contributed by atoms with Crippen molar-refractivity contribution in [3.63, 3.8) is 0 Å². The quantitative estimate of drug-likeness (QED) is 0.419. The molecule has 0 spiro atoms. The summed E-state index contributed by atoms with van der Waals surface area (Å²) < 4.78 is 9.81. The van der Waals surface area contributed by atoms with Gasteiger partial charge < -0.3 is 9.47 Å². The van der Waals surface area contributed by atoms with E-state index in [2.05, 4.69) is 17.9 Å². The highest BCUT2D eigenvalue weighted by molar-refractivity contribution is 5.81. The molecule has 78 valence electrons. The smallest absolute Gasteiger partial charge is 0.333 e. The van der Waals surface area contributed by atoms with Crippen molar-refractivity contribution in [3.05, 3.63) is 49.1 Å². The van der Waals surface area contributed by atoms with Crippen LogP contribution in [0.3, 0.4) is 0 Å². The topological polar surface area (TPSA) is 35.5 Å². The van der Waals surface area contributed by atoms with Gasteiger partial charge in [0.2, 0.25) is 6.79 Å². The lowest BCUT2D eigenvalue weighted by molar-refractivity contribution is -0.144. The van der Waals surface area contributed by atoms with E-state index in [0.29, 0.717) is 5.75 Å². The monoisotopic (exact) mass is 204 g/mol. The Balaban J connectivity index is 2.40. The maximum atomic E-state index is 10.7. The average molecular weight is 204 g/mol. The summed E-state index contributed by atoms with van der Waals surface area (Å²) in [7, 11) is 0. The Hall–Kier alpha value is -2.03. The van der Waals surface area contributed by atoms with Gasteiger partial charge in [0.15, 0.2) is 0 Å². The molecule has 0 aliphatic heterocycles. The number of ether oxygens (including phenoxy) is 2. The van der Waals surface area contributed by atoms with Gasteiger partial charge in [-0.1, -0.05) is 31.4 Å². The predicted octanol–water partition coefficient (Wildman–Crippen LogP) is 2.40. The Morgan fingerprint density at radius 1 is 1.27 bits per heavy atom. The summed E-state index contributed by atoms with van der Waals surface area (Å²) in [6, 6.07) is 7.27. The molecule has 1 aromatic rings. The lowest BCUT2D eigenvalue weighted by atomic mass is 10.2. The number of esters is 1. The lowest BCUT2D eigenvalue weighted by Crippen LogP contribution is -2.07. The molecule has 1 aromatic carbocycles. The van der Waals surface area contributed by atoms with Crippen LogP contribution in [0.5, 0.6) is 5.75 Å². The van der Waals surface area contributed by atoms with Crippen LogP contribution in [-0.2, 0) is 9.53 Å². The van der Waals surface area contributed by atoms with Crippen molar-refractivity contribution >= 4 is 12.0 Å². The second-order valence-electron chi connectivity index (χ2n) is 2.70. The van der Waals surface area contributed by atoms with Crippen molar-refractivity contribution in [2.75, 3.05) is 6.79 Å². The third kappa shape index (κ3) is 3.68. The summed E-state index contributed by atoms with van der Waals surface area (Å²) >= 11 is 0. The minimum absolute atomic E-state index is 0.113. The van der Waals surface area contributed by atoms with Crippen LogP contribution in [0.1, 0.15) is 5.56 Å². The molecule has 0 saturated carbocycles. The van der Waals surface area contributed by atoms with Crippen LogP contribution in [0.4, 0.5) is 0 Å². The number of rotatable bonds is 5. The average Bonchev–Trinajstić information content (AvgIpc) is 2.29. The summed E-state index contributed by atoms with van der Waals surface area (Å²) in [4.78, 5) is 10.7. The van der Waals surface area contributed by atoms with Crippen molar-refractivity contribution in [3.8, 4) is 5.75 Å². The standard InChI is InChI=1S/C12H12O3/c1-3-10-5-7-11(8-6-10)14-9-15-12(13)4-2/h3-8H,1-2,9H2. The van der Waals surface area contributed by atoms with Gasteiger partial charge in [0, 0.05) is 6.08 Å². The van der Waals surface area contributed by atoms with Gasteiger partial charge in [-0.3, -0.25) is 0 Å². The first-order chi connectivity index (χ1) is 7.26. The fourth-order valence-electron chi connectivity index (χ4n) is 0.915. The van der Waals surface area contributed by atoms with E-state index in [9.17, 15) is 4.79 Å². The number of hydrogen-bond donors (Lipinski definition) is 0. The van der Waals surface area contributed by atoms with Crippen LogP contribution in [0.25, 0.3) is 6.08 Å². The molecule has 0 saturated heterocycles. The summed E-state index contributed by atoms with van der Waals surface area (Å²) in [6.07, 6.45) is 2.83. The van der Waals surface area contributed by atoms with Gasteiger partial charge in [-0.25, -0.2) is 4.79 Å². The second-order valence-corrected chi connectivity index (χ2v) is 2.70. The first kappa shape index (κ1) is 11.0. The molecule has 1 rings (SSSR count). The van der Waals surface area contributed by atoms with Crippen LogP contribution in [0.15, 0.2) is 43.5 Å². The molecule has 15 heavy (non-hydrogen) atoms. The van der Waals surface area contributed by atoms with E-state index in [1.165, 1.54) is 0 Å². The number of carbonyl (C=O) groups excluding carboxylic acids is 1. The minimum atomic E-state index is -0.502. The summed E-state index contributed by atoms with van der Waals surface area (Å²) in [5.41, 5.74) is 1.01. The van der Waals surface area contributed by atoms with E-state index < -0.39 is 5.97 Å². The summed E-state index contributed by atoms with van der Waals surface area (Å²) in [6.45, 7) is 6.79. The minimum Gasteiger partial charge on any atom is -0.457 e. The van der Waals surface area contributed by atoms with Gasteiger partial charge in [0.25, 0.3) is 0 Å². The molecule has 0 aliphatic rings. The molecule has 0 heterocycles. The third-order valence-electron chi connectivity index (χ3n) is 1.71. The van der Waals surface area contributed by atoms with Crippen molar-refractivity contribution in [1.82, 2.24) is 0 Å². The van der Waals surface area contributed by atoms with Gasteiger partial charge in [-0.2, -0.15) is 0 Å². The normalized spacial score (nSPS) is 9.07. The molecule has 0 fully saturated rings. The first-order valence-corrected chi connectivity index (χ1v) is 4.40. The third-order valence-corrected chi connectivity index (χ3v) is 1.71. The van der Waals surface area contributed by atoms with Gasteiger partial charge in [-0.15, -0.1) is 0 Å². The fourth-order valence-corrected chi connectivity index (χ4v) is 0.915. The Kier molecular flexibility index (Phi) is 4.16. The maximum Gasteiger partial charge on any atom is 0.333 e. The largest absolute Gasteiger partial charge is 0.457 e. The highest BCUT2D eigenvalue weighted by Gasteiger charge is 1.96. The lowest BCUT2D eigenvalue weighted by Gasteiger charge is -2.05. The molecule has 0 unspecified atom stereocenters. The van der Waals surface area contributed by atoms with E-state index in [4.69, 9.17) is 4.74 Å². The highest BCUT2D eigenvalue weighted by atomic mass is 16.7. The van der Waals surface area contributed by atoms with E-state index in [1.807, 2.05) is 12.1 Å². The van der Waals surface area contributed by atoms with Crippen molar-refractivity contribution in [2.45, 2.75) is 0 Å². The maximum absolute atomic E-state index is 10.7. The van der Waals surface area contributed by atoms with Gasteiger partial charge in [0.1, 0.15) is 5.75 Å². The fraction of sp³-hybridized carbons (Fsp3) is 0.0833. The van der Waals surface area contributed by atoms with Gasteiger partial charge in [-0.05, 0) is 17.7 Å². The summed E-state index contributed by atoms with van der Waals surface area (Å²) in [5, 5.41) is 0. The van der Waals surface area contributed by atoms with E-state index in [0.717, 1.165) is 11.6 Å². The van der Waals surface area contributed by atoms with E-state index >= 15 is 0 Å². The Morgan fingerprint density at radius 2 is 1.93 bits per heavy atom. The molecule has 0 atom stereocenters. The Bertz CT molecular complexity index is 352. The van der Waals surface area contributed by atoms with Crippen LogP contribution in [-0.4, -0.2) is 12.8 Å². The second kappa shape index (κ2) is 5.65. The molecular formula is C12H12O3. The van der Waals surface area contributed by atoms with E-state index in [-0.39, 0.29) is 6.79 Å². The SMILES string of the molecule is C=CC(=O)OCOc1ccc(C=C)cc1. The summed E-state index contributed by atoms with van der Waals surface area (Å²) in [5.74, 6) is 0.134. The predicted molar refractivity (Wildman–Crippen MR) is 58.3 cm³/mol. The Labute approximate surface area is 88.6 Å². The molecule has 0 N–H and O–H groups in total. The van der Waals surface area contributed by atoms with Gasteiger partial charge >= 0.3 is 5.97 Å². The van der Waals surface area contributed by atoms with Crippen molar-refractivity contribution in [1.29, 1.82) is 0 Å². The molecule has 3 nitrogen and oxygen atoms in total. The van der Waals surface area contributed by atoms with Gasteiger partial charge in [0.05, 0.1) is 0 Å². The molecule has 0 bridgehead atoms. The van der Waals surface area contributed by atoms with Crippen molar-refractivity contribution < 1.29 is 14.3 Å². The highest BCUT2D eigenvalue weighted by Crippen LogP contribution is 2.12. The number of benzene rings is 1. The van der Waals surface area contributed by atoms with Crippen molar-refractivity contribution in [2.24, 2.45) is 0 Å². The molecule has 0 aliphatic carbocycles. The van der Waals surface area contributed by atoms with Crippen LogP contribution < -0.4 is 4.74 Å². The number of hydrogen-bond acceptors (Lipinski definition) is 3. The zero-order chi connectivity index (χ0) is 11.1. The van der Waals surface area contributed by atoms with Crippen LogP contribution in [0.2, 0.25) is 0 Å².